The van der Waals surface area contributed by atoms with Crippen molar-refractivity contribution in [3.05, 3.63) is 21.4 Å². The summed E-state index contributed by atoms with van der Waals surface area (Å²) in [4.78, 5) is 16.0. The van der Waals surface area contributed by atoms with E-state index in [-0.39, 0.29) is 11.6 Å². The van der Waals surface area contributed by atoms with Crippen LogP contribution < -0.4 is 11.1 Å². The zero-order valence-corrected chi connectivity index (χ0v) is 12.1. The number of nitrogen functional groups attached to an aromatic ring is 1. The first kappa shape index (κ1) is 13.0. The van der Waals surface area contributed by atoms with Gasteiger partial charge in [-0.2, -0.15) is 5.10 Å². The van der Waals surface area contributed by atoms with Crippen molar-refractivity contribution in [2.45, 2.75) is 19.8 Å². The Bertz CT molecular complexity index is 564. The van der Waals surface area contributed by atoms with E-state index in [9.17, 15) is 4.79 Å². The lowest BCUT2D eigenvalue weighted by Gasteiger charge is -1.99. The minimum Gasteiger partial charge on any atom is -0.395 e. The number of thiazole rings is 1. The van der Waals surface area contributed by atoms with Crippen LogP contribution in [0.2, 0.25) is 0 Å². The van der Waals surface area contributed by atoms with Gasteiger partial charge in [0, 0.05) is 0 Å². The Morgan fingerprint density at radius 2 is 2.44 bits per heavy atom. The first-order chi connectivity index (χ1) is 8.61. The molecule has 0 unspecified atom stereocenters. The summed E-state index contributed by atoms with van der Waals surface area (Å²) < 4.78 is 0.847. The van der Waals surface area contributed by atoms with Crippen LogP contribution in [0, 0.1) is 0 Å². The molecule has 0 aliphatic carbocycles. The van der Waals surface area contributed by atoms with E-state index >= 15 is 0 Å². The van der Waals surface area contributed by atoms with Crippen LogP contribution in [-0.4, -0.2) is 21.1 Å². The number of aryl methyl sites for hydroxylation is 1. The Hall–Kier alpha value is -1.41. The van der Waals surface area contributed by atoms with Crippen molar-refractivity contribution in [3.63, 3.8) is 0 Å². The summed E-state index contributed by atoms with van der Waals surface area (Å²) in [6.07, 6.45) is 3.33. The van der Waals surface area contributed by atoms with Crippen molar-refractivity contribution in [2.75, 3.05) is 11.1 Å². The maximum Gasteiger partial charge on any atom is 0.280 e. The molecule has 4 N–H and O–H groups in total. The van der Waals surface area contributed by atoms with Crippen molar-refractivity contribution in [1.82, 2.24) is 15.2 Å². The van der Waals surface area contributed by atoms with Crippen LogP contribution in [-0.2, 0) is 6.42 Å². The second-order valence-electron chi connectivity index (χ2n) is 3.64. The summed E-state index contributed by atoms with van der Waals surface area (Å²) in [5, 5.41) is 9.88. The third-order valence-electron chi connectivity index (χ3n) is 2.30. The molecule has 1 amide bonds. The van der Waals surface area contributed by atoms with E-state index in [1.807, 2.05) is 6.92 Å². The standard InChI is InChI=1S/C10H12BrN5OS/c1-2-3-5-7(12)8(16-15-5)9(17)14-10-13-4-6(11)18-10/h4H,2-3,12H2,1H3,(H,15,16)(H,13,14,17). The van der Waals surface area contributed by atoms with Crippen molar-refractivity contribution in [1.29, 1.82) is 0 Å². The third-order valence-corrected chi connectivity index (χ3v) is 3.69. The molecular weight excluding hydrogens is 318 g/mol. The second-order valence-corrected chi connectivity index (χ2v) is 6.05. The molecule has 0 radical (unpaired) electrons. The van der Waals surface area contributed by atoms with Gasteiger partial charge in [0.05, 0.1) is 21.4 Å². The maximum absolute atomic E-state index is 11.9. The van der Waals surface area contributed by atoms with E-state index in [4.69, 9.17) is 5.73 Å². The Kier molecular flexibility index (Phi) is 3.97. The normalized spacial score (nSPS) is 10.6. The minimum absolute atomic E-state index is 0.213. The molecule has 0 atom stereocenters. The van der Waals surface area contributed by atoms with Crippen LogP contribution in [0.5, 0.6) is 0 Å². The summed E-state index contributed by atoms with van der Waals surface area (Å²) in [6, 6.07) is 0. The molecule has 0 aliphatic rings. The number of carbonyl (C=O) groups excluding carboxylic acids is 1. The number of amides is 1. The first-order valence-corrected chi connectivity index (χ1v) is 6.98. The lowest BCUT2D eigenvalue weighted by molar-refractivity contribution is 0.102. The molecule has 0 spiro atoms. The fourth-order valence-electron chi connectivity index (χ4n) is 1.47. The van der Waals surface area contributed by atoms with Crippen molar-refractivity contribution in [3.8, 4) is 0 Å². The fraction of sp³-hybridized carbons (Fsp3) is 0.300. The van der Waals surface area contributed by atoms with Gasteiger partial charge in [0.25, 0.3) is 5.91 Å². The van der Waals surface area contributed by atoms with Crippen LogP contribution in [0.3, 0.4) is 0 Å². The minimum atomic E-state index is -0.354. The highest BCUT2D eigenvalue weighted by Gasteiger charge is 2.17. The fourth-order valence-corrected chi connectivity index (χ4v) is 2.57. The van der Waals surface area contributed by atoms with Gasteiger partial charge in [-0.25, -0.2) is 4.98 Å². The Labute approximate surface area is 116 Å². The number of carbonyl (C=O) groups is 1. The zero-order valence-electron chi connectivity index (χ0n) is 9.66. The molecule has 2 rings (SSSR count). The molecule has 0 aliphatic heterocycles. The van der Waals surface area contributed by atoms with Gasteiger partial charge in [0.1, 0.15) is 0 Å². The lowest BCUT2D eigenvalue weighted by Crippen LogP contribution is -2.14. The molecule has 0 saturated carbocycles. The van der Waals surface area contributed by atoms with Crippen molar-refractivity contribution < 1.29 is 4.79 Å². The van der Waals surface area contributed by atoms with Crippen LogP contribution in [0.1, 0.15) is 29.5 Å². The first-order valence-electron chi connectivity index (χ1n) is 5.37. The Morgan fingerprint density at radius 1 is 1.67 bits per heavy atom. The van der Waals surface area contributed by atoms with Gasteiger partial charge in [0.2, 0.25) is 0 Å². The second kappa shape index (κ2) is 5.49. The molecule has 0 bridgehead atoms. The number of hydrogen-bond donors (Lipinski definition) is 3. The highest BCUT2D eigenvalue weighted by Crippen LogP contribution is 2.24. The number of hydrogen-bond acceptors (Lipinski definition) is 5. The number of aromatic nitrogens is 3. The largest absolute Gasteiger partial charge is 0.395 e. The number of nitrogens with two attached hydrogens (primary N) is 1. The van der Waals surface area contributed by atoms with E-state index in [1.165, 1.54) is 11.3 Å². The molecule has 6 nitrogen and oxygen atoms in total. The highest BCUT2D eigenvalue weighted by molar-refractivity contribution is 9.11. The summed E-state index contributed by atoms with van der Waals surface area (Å²) in [5.74, 6) is -0.354. The molecule has 8 heteroatoms. The van der Waals surface area contributed by atoms with Crippen LogP contribution >= 0.6 is 27.3 Å². The van der Waals surface area contributed by atoms with Gasteiger partial charge < -0.3 is 5.73 Å². The summed E-state index contributed by atoms with van der Waals surface area (Å²) >= 11 is 4.60. The molecule has 96 valence electrons. The molecular formula is C10H12BrN5OS. The average molecular weight is 330 g/mol. The van der Waals surface area contributed by atoms with Crippen LogP contribution in [0.25, 0.3) is 0 Å². The van der Waals surface area contributed by atoms with Gasteiger partial charge in [-0.3, -0.25) is 15.2 Å². The number of anilines is 2. The molecule has 2 aromatic rings. The number of rotatable bonds is 4. The number of H-pyrrole nitrogens is 1. The van der Waals surface area contributed by atoms with E-state index in [2.05, 4.69) is 36.4 Å². The third kappa shape index (κ3) is 2.70. The predicted molar refractivity (Wildman–Crippen MR) is 74.8 cm³/mol. The molecule has 0 saturated heterocycles. The molecule has 0 fully saturated rings. The maximum atomic E-state index is 11.9. The Morgan fingerprint density at radius 3 is 3.06 bits per heavy atom. The van der Waals surface area contributed by atoms with Crippen LogP contribution in [0.4, 0.5) is 10.8 Å². The average Bonchev–Trinajstić information content (AvgIpc) is 2.87. The summed E-state index contributed by atoms with van der Waals surface area (Å²) in [5.41, 5.74) is 7.28. The van der Waals surface area contributed by atoms with E-state index in [0.29, 0.717) is 10.8 Å². The van der Waals surface area contributed by atoms with E-state index in [1.54, 1.807) is 6.20 Å². The van der Waals surface area contributed by atoms with Crippen molar-refractivity contribution >= 4 is 44.0 Å². The molecule has 0 aromatic carbocycles. The number of nitrogens with one attached hydrogen (secondary N) is 2. The van der Waals surface area contributed by atoms with Gasteiger partial charge >= 0.3 is 0 Å². The quantitative estimate of drug-likeness (QED) is 0.802. The lowest BCUT2D eigenvalue weighted by atomic mass is 10.2. The topological polar surface area (TPSA) is 96.7 Å². The molecule has 2 aromatic heterocycles. The molecule has 2 heterocycles. The van der Waals surface area contributed by atoms with E-state index in [0.717, 1.165) is 22.3 Å². The Balaban J connectivity index is 2.14. The number of nitrogens with zero attached hydrogens (tertiary/aromatic N) is 2. The molecule has 18 heavy (non-hydrogen) atoms. The smallest absolute Gasteiger partial charge is 0.280 e. The van der Waals surface area contributed by atoms with Crippen molar-refractivity contribution in [2.24, 2.45) is 0 Å². The zero-order chi connectivity index (χ0) is 13.1. The van der Waals surface area contributed by atoms with Gasteiger partial charge in [-0.15, -0.1) is 0 Å². The monoisotopic (exact) mass is 329 g/mol. The van der Waals surface area contributed by atoms with Gasteiger partial charge in [-0.1, -0.05) is 24.7 Å². The highest BCUT2D eigenvalue weighted by atomic mass is 79.9. The van der Waals surface area contributed by atoms with E-state index < -0.39 is 0 Å². The van der Waals surface area contributed by atoms with Crippen LogP contribution in [0.15, 0.2) is 9.98 Å². The number of aromatic amines is 1. The number of halogens is 1. The summed E-state index contributed by atoms with van der Waals surface area (Å²) in [6.45, 7) is 2.03. The predicted octanol–water partition coefficient (Wildman–Crippen LogP) is 2.42. The summed E-state index contributed by atoms with van der Waals surface area (Å²) in [7, 11) is 0. The SMILES string of the molecule is CCCc1[nH]nc(C(=O)Nc2ncc(Br)s2)c1N. The van der Waals surface area contributed by atoms with Gasteiger partial charge in [-0.05, 0) is 22.4 Å². The van der Waals surface area contributed by atoms with Gasteiger partial charge in [0.15, 0.2) is 10.8 Å².